The molecule has 0 fully saturated rings. The van der Waals surface area contributed by atoms with Crippen molar-refractivity contribution in [3.63, 3.8) is 0 Å². The van der Waals surface area contributed by atoms with Gasteiger partial charge in [0.2, 0.25) is 0 Å². The molecule has 0 spiro atoms. The Bertz CT molecular complexity index is 4230. The molecule has 0 radical (unpaired) electrons. The van der Waals surface area contributed by atoms with Crippen LogP contribution in [0, 0.1) is 13.8 Å². The van der Waals surface area contributed by atoms with Crippen LogP contribution in [0.2, 0.25) is 0 Å². The third-order valence-corrected chi connectivity index (χ3v) is 14.2. The van der Waals surface area contributed by atoms with Gasteiger partial charge in [0.1, 0.15) is 22.2 Å². The van der Waals surface area contributed by atoms with E-state index in [1.807, 2.05) is 133 Å². The molecule has 12 heteroatoms. The van der Waals surface area contributed by atoms with Gasteiger partial charge in [-0.1, -0.05) is 97.1 Å². The van der Waals surface area contributed by atoms with E-state index in [4.69, 9.17) is 18.8 Å². The molecule has 0 aliphatic heterocycles. The first kappa shape index (κ1) is 48.0. The average Bonchev–Trinajstić information content (AvgIpc) is 4.12. The van der Waals surface area contributed by atoms with Gasteiger partial charge in [-0.05, 0) is 166 Å². The van der Waals surface area contributed by atoms with Crippen LogP contribution in [0.4, 0.5) is 26.3 Å². The second kappa shape index (κ2) is 18.6. The van der Waals surface area contributed by atoms with E-state index in [1.165, 1.54) is 12.1 Å². The lowest BCUT2D eigenvalue weighted by Gasteiger charge is -2.13. The number of furan rings is 2. The van der Waals surface area contributed by atoms with Crippen LogP contribution in [0.25, 0.3) is 133 Å². The molecule has 0 aliphatic rings. The average molecular weight is 1040 g/mol. The highest BCUT2D eigenvalue weighted by molar-refractivity contribution is 6.10. The van der Waals surface area contributed by atoms with E-state index in [0.717, 1.165) is 78.5 Å². The van der Waals surface area contributed by atoms with Crippen molar-refractivity contribution in [1.29, 1.82) is 0 Å². The Morgan fingerprint density at radius 2 is 0.705 bits per heavy atom. The zero-order valence-electron chi connectivity index (χ0n) is 41.5. The van der Waals surface area contributed by atoms with Crippen LogP contribution in [0.5, 0.6) is 0 Å². The van der Waals surface area contributed by atoms with Crippen molar-refractivity contribution >= 4 is 44.1 Å². The van der Waals surface area contributed by atoms with Gasteiger partial charge in [-0.15, -0.1) is 0 Å². The van der Waals surface area contributed by atoms with Crippen molar-refractivity contribution in [2.24, 2.45) is 0 Å². The number of alkyl halides is 6. The normalized spacial score (nSPS) is 12.1. The number of nitrogens with zero attached hydrogens (tertiary/aromatic N) is 4. The first-order valence-electron chi connectivity index (χ1n) is 24.9. The number of hydrogen-bond acceptors (Lipinski definition) is 6. The monoisotopic (exact) mass is 1030 g/mol. The van der Waals surface area contributed by atoms with Gasteiger partial charge in [0.15, 0.2) is 11.2 Å². The predicted molar refractivity (Wildman–Crippen MR) is 295 cm³/mol. The quantitative estimate of drug-likeness (QED) is 0.141. The number of rotatable bonds is 8. The molecule has 7 aromatic carbocycles. The molecule has 378 valence electrons. The van der Waals surface area contributed by atoms with Gasteiger partial charge in [-0.25, -0.2) is 0 Å². The first-order chi connectivity index (χ1) is 37.7. The van der Waals surface area contributed by atoms with Gasteiger partial charge in [0, 0.05) is 57.8 Å². The first-order valence-corrected chi connectivity index (χ1v) is 24.9. The van der Waals surface area contributed by atoms with Crippen molar-refractivity contribution in [3.8, 4) is 89.3 Å². The summed E-state index contributed by atoms with van der Waals surface area (Å²) in [4.78, 5) is 18.9. The minimum absolute atomic E-state index is 0.459. The number of benzene rings is 7. The molecule has 0 N–H and O–H groups in total. The fraction of sp³-hybridized carbons (Fsp3) is 0.0606. The molecule has 0 unspecified atom stereocenters. The van der Waals surface area contributed by atoms with Crippen LogP contribution in [-0.2, 0) is 12.4 Å². The number of halogens is 6. The summed E-state index contributed by atoms with van der Waals surface area (Å²) >= 11 is 0. The molecule has 0 atom stereocenters. The fourth-order valence-electron chi connectivity index (χ4n) is 10.6. The Kier molecular flexibility index (Phi) is 11.4. The smallest absolute Gasteiger partial charge is 0.416 e. The lowest BCUT2D eigenvalue weighted by Crippen LogP contribution is -2.05. The largest absolute Gasteiger partial charge is 0.454 e. The van der Waals surface area contributed by atoms with E-state index in [2.05, 4.69) is 9.97 Å². The molecule has 0 amide bonds. The minimum Gasteiger partial charge on any atom is -0.454 e. The second-order valence-corrected chi connectivity index (χ2v) is 19.4. The molecule has 0 saturated heterocycles. The van der Waals surface area contributed by atoms with Crippen LogP contribution in [0.3, 0.4) is 0 Å². The molecule has 0 aliphatic carbocycles. The zero-order chi connectivity index (χ0) is 53.5. The van der Waals surface area contributed by atoms with Gasteiger partial charge >= 0.3 is 12.4 Å². The topological polar surface area (TPSA) is 77.8 Å². The summed E-state index contributed by atoms with van der Waals surface area (Å²) in [6, 6.07) is 54.8. The van der Waals surface area contributed by atoms with Crippen molar-refractivity contribution in [2.45, 2.75) is 26.2 Å². The molecule has 78 heavy (non-hydrogen) atoms. The standard InChI is InChI=1S/C66H40F6N4O2/c1-37-27-45(31-47(29-37)65(67,68)69)41-19-23-73-57(35-41)53-9-5-3-7-49(53)43-15-17-59-55(33-43)61-63(77-59)51(21-25-75-61)39-11-13-40(14-12-39)52-22-26-76-62-56-34-44(16-18-60(56)78-64(52)62)50-8-4-6-10-54(50)58-36-42(20-24-74-58)46-28-38(2)30-48(32-46)66(70,71)72/h3-36H,1-2H3. The molecule has 6 heterocycles. The van der Waals surface area contributed by atoms with Crippen LogP contribution >= 0.6 is 0 Å². The maximum Gasteiger partial charge on any atom is 0.416 e. The lowest BCUT2D eigenvalue weighted by atomic mass is 9.94. The highest BCUT2D eigenvalue weighted by atomic mass is 19.4. The Morgan fingerprint density at radius 3 is 1.12 bits per heavy atom. The summed E-state index contributed by atoms with van der Waals surface area (Å²) in [5.74, 6) is 0. The highest BCUT2D eigenvalue weighted by Crippen LogP contribution is 2.43. The SMILES string of the molecule is Cc1cc(-c2ccnc(-c3ccccc3-c3ccc4oc5c(-c6ccc(-c7ccnc8c7oc7ccc(-c9ccccc9-c9cc(-c%10cc(C)cc(C(F)(F)F)c%10)ccn9)cc78)cc6)ccnc5c4c3)c2)cc(C(F)(F)F)c1. The summed E-state index contributed by atoms with van der Waals surface area (Å²) in [5, 5.41) is 1.64. The summed E-state index contributed by atoms with van der Waals surface area (Å²) in [5.41, 5.74) is 15.8. The predicted octanol–water partition coefficient (Wildman–Crippen LogP) is 19.1. The van der Waals surface area contributed by atoms with E-state index < -0.39 is 23.5 Å². The van der Waals surface area contributed by atoms with Gasteiger partial charge in [-0.2, -0.15) is 26.3 Å². The Morgan fingerprint density at radius 1 is 0.321 bits per heavy atom. The maximum atomic E-state index is 13.8. The van der Waals surface area contributed by atoms with E-state index in [1.54, 1.807) is 62.9 Å². The minimum atomic E-state index is -4.47. The van der Waals surface area contributed by atoms with Crippen molar-refractivity contribution in [1.82, 2.24) is 19.9 Å². The summed E-state index contributed by atoms with van der Waals surface area (Å²) in [7, 11) is 0. The maximum absolute atomic E-state index is 13.8. The highest BCUT2D eigenvalue weighted by Gasteiger charge is 2.32. The van der Waals surface area contributed by atoms with E-state index in [9.17, 15) is 26.3 Å². The van der Waals surface area contributed by atoms with Gasteiger partial charge < -0.3 is 8.83 Å². The number of pyridine rings is 4. The summed E-state index contributed by atoms with van der Waals surface area (Å²) < 4.78 is 95.8. The third-order valence-electron chi connectivity index (χ3n) is 14.2. The van der Waals surface area contributed by atoms with E-state index in [-0.39, 0.29) is 0 Å². The summed E-state index contributed by atoms with van der Waals surface area (Å²) in [6.45, 7) is 3.32. The number of aromatic nitrogens is 4. The second-order valence-electron chi connectivity index (χ2n) is 19.4. The van der Waals surface area contributed by atoms with Crippen molar-refractivity contribution in [2.75, 3.05) is 0 Å². The van der Waals surface area contributed by atoms with Gasteiger partial charge in [-0.3, -0.25) is 19.9 Å². The van der Waals surface area contributed by atoms with E-state index in [0.29, 0.717) is 78.1 Å². The molecule has 0 saturated carbocycles. The van der Waals surface area contributed by atoms with Gasteiger partial charge in [0.25, 0.3) is 0 Å². The van der Waals surface area contributed by atoms with Crippen LogP contribution in [0.1, 0.15) is 22.3 Å². The Hall–Kier alpha value is -9.68. The van der Waals surface area contributed by atoms with Crippen molar-refractivity contribution < 1.29 is 35.2 Å². The van der Waals surface area contributed by atoms with Crippen LogP contribution in [0.15, 0.2) is 216 Å². The van der Waals surface area contributed by atoms with Crippen LogP contribution in [-0.4, -0.2) is 19.9 Å². The number of fused-ring (bicyclic) bond motifs is 6. The Labute approximate surface area is 442 Å². The zero-order valence-corrected chi connectivity index (χ0v) is 41.5. The molecule has 0 bridgehead atoms. The molecular formula is C66H40F6N4O2. The lowest BCUT2D eigenvalue weighted by molar-refractivity contribution is -0.138. The van der Waals surface area contributed by atoms with Crippen LogP contribution < -0.4 is 0 Å². The molecule has 13 rings (SSSR count). The molecule has 13 aromatic rings. The fourth-order valence-corrected chi connectivity index (χ4v) is 10.6. The molecule has 6 aromatic heterocycles. The number of aryl methyl sites for hydroxylation is 2. The summed E-state index contributed by atoms with van der Waals surface area (Å²) in [6.07, 6.45) is -2.15. The van der Waals surface area contributed by atoms with E-state index >= 15 is 0 Å². The van der Waals surface area contributed by atoms with Crippen molar-refractivity contribution in [3.05, 3.63) is 229 Å². The number of hydrogen-bond donors (Lipinski definition) is 0. The Balaban J connectivity index is 0.803. The van der Waals surface area contributed by atoms with Gasteiger partial charge in [0.05, 0.1) is 22.5 Å². The molecular weight excluding hydrogens is 995 g/mol. The third kappa shape index (κ3) is 8.70. The molecule has 6 nitrogen and oxygen atoms in total.